The van der Waals surface area contributed by atoms with Crippen molar-refractivity contribution in [3.8, 4) is 17.1 Å². The Morgan fingerprint density at radius 2 is 1.67 bits per heavy atom. The maximum Gasteiger partial charge on any atom is 0.287 e. The van der Waals surface area contributed by atoms with Crippen molar-refractivity contribution in [2.75, 3.05) is 13.1 Å². The summed E-state index contributed by atoms with van der Waals surface area (Å²) in [7, 11) is 0. The van der Waals surface area contributed by atoms with Crippen LogP contribution in [-0.2, 0) is 0 Å². The molecule has 0 atom stereocenters. The molecule has 1 aliphatic heterocycles. The molecule has 158 valence electrons. The Bertz CT molecular complexity index is 1030. The van der Waals surface area contributed by atoms with Crippen molar-refractivity contribution in [2.45, 2.75) is 19.3 Å². The number of hydrogen-bond acceptors (Lipinski definition) is 3. The molecule has 0 unspecified atom stereocenters. The SMILES string of the molecule is Cl.O=C(NN1CCCCC1)c1nc(-c2ccccc2Cl)n(-c2ccc(Cl)cc2)c1Br. The van der Waals surface area contributed by atoms with Gasteiger partial charge < -0.3 is 0 Å². The van der Waals surface area contributed by atoms with Gasteiger partial charge in [0.2, 0.25) is 0 Å². The summed E-state index contributed by atoms with van der Waals surface area (Å²) in [5.74, 6) is 0.327. The smallest absolute Gasteiger partial charge is 0.286 e. The standard InChI is InChI=1S/C21H19BrCl2N4O.ClH/c22-19-18(21(29)26-27-12-4-1-5-13-27)25-20(16-6-2-3-7-17(16)24)28(19)15-10-8-14(23)9-11-15;/h2-3,6-11H,1,4-5,12-13H2,(H,26,29);1H. The molecule has 4 rings (SSSR count). The number of aromatic nitrogens is 2. The number of imidazole rings is 1. The van der Waals surface area contributed by atoms with Gasteiger partial charge in [-0.3, -0.25) is 14.8 Å². The Balaban J connectivity index is 0.00000256. The van der Waals surface area contributed by atoms with Gasteiger partial charge in [0.1, 0.15) is 10.4 Å². The molecule has 5 nitrogen and oxygen atoms in total. The van der Waals surface area contributed by atoms with Crippen LogP contribution in [-0.4, -0.2) is 33.6 Å². The normalized spacial score (nSPS) is 14.2. The highest BCUT2D eigenvalue weighted by Crippen LogP contribution is 2.34. The minimum absolute atomic E-state index is 0. The van der Waals surface area contributed by atoms with E-state index in [0.717, 1.165) is 37.2 Å². The van der Waals surface area contributed by atoms with Crippen LogP contribution in [0.3, 0.4) is 0 Å². The molecule has 2 aromatic carbocycles. The molecular weight excluding hydrogens is 511 g/mol. The molecule has 0 bridgehead atoms. The quantitative estimate of drug-likeness (QED) is 0.440. The van der Waals surface area contributed by atoms with Crippen molar-refractivity contribution in [3.63, 3.8) is 0 Å². The maximum absolute atomic E-state index is 13.0. The van der Waals surface area contributed by atoms with Gasteiger partial charge in [0, 0.05) is 29.4 Å². The summed E-state index contributed by atoms with van der Waals surface area (Å²) in [6, 6.07) is 14.8. The number of nitrogens with one attached hydrogen (secondary N) is 1. The van der Waals surface area contributed by atoms with Gasteiger partial charge in [0.15, 0.2) is 5.69 Å². The molecule has 1 amide bonds. The van der Waals surface area contributed by atoms with Crippen molar-refractivity contribution in [1.29, 1.82) is 0 Å². The Morgan fingerprint density at radius 3 is 2.33 bits per heavy atom. The number of piperidine rings is 1. The number of carbonyl (C=O) groups excluding carboxylic acids is 1. The molecule has 1 aliphatic rings. The number of benzene rings is 2. The van der Waals surface area contributed by atoms with E-state index in [1.807, 2.05) is 39.9 Å². The Kier molecular flexibility index (Phi) is 7.82. The van der Waals surface area contributed by atoms with E-state index in [0.29, 0.717) is 26.2 Å². The third-order valence-electron chi connectivity index (χ3n) is 4.85. The molecule has 1 fully saturated rings. The fourth-order valence-corrected chi connectivity index (χ4v) is 4.38. The van der Waals surface area contributed by atoms with Crippen LogP contribution in [0.2, 0.25) is 10.0 Å². The van der Waals surface area contributed by atoms with Gasteiger partial charge in [-0.1, -0.05) is 41.8 Å². The van der Waals surface area contributed by atoms with Gasteiger partial charge in [-0.25, -0.2) is 9.99 Å². The third-order valence-corrected chi connectivity index (χ3v) is 6.16. The lowest BCUT2D eigenvalue weighted by atomic mass is 10.2. The van der Waals surface area contributed by atoms with E-state index < -0.39 is 0 Å². The average Bonchev–Trinajstić information content (AvgIpc) is 3.07. The van der Waals surface area contributed by atoms with E-state index >= 15 is 0 Å². The lowest BCUT2D eigenvalue weighted by molar-refractivity contribution is 0.0744. The highest BCUT2D eigenvalue weighted by Gasteiger charge is 2.25. The summed E-state index contributed by atoms with van der Waals surface area (Å²) in [6.07, 6.45) is 3.34. The third kappa shape index (κ3) is 4.84. The molecule has 1 aromatic heterocycles. The molecule has 0 radical (unpaired) electrons. The summed E-state index contributed by atoms with van der Waals surface area (Å²) in [4.78, 5) is 17.7. The average molecular weight is 531 g/mol. The van der Waals surface area contributed by atoms with Crippen LogP contribution < -0.4 is 5.43 Å². The van der Waals surface area contributed by atoms with E-state index in [4.69, 9.17) is 23.2 Å². The predicted molar refractivity (Wildman–Crippen MR) is 127 cm³/mol. The van der Waals surface area contributed by atoms with Crippen LogP contribution in [0.1, 0.15) is 29.8 Å². The molecule has 3 aromatic rings. The largest absolute Gasteiger partial charge is 0.287 e. The number of halogens is 4. The van der Waals surface area contributed by atoms with Crippen molar-refractivity contribution < 1.29 is 4.79 Å². The first-order valence-electron chi connectivity index (χ1n) is 9.39. The molecular formula is C21H20BrCl3N4O. The summed E-state index contributed by atoms with van der Waals surface area (Å²) in [5.41, 5.74) is 4.84. The van der Waals surface area contributed by atoms with E-state index in [1.165, 1.54) is 6.42 Å². The van der Waals surface area contributed by atoms with E-state index in [9.17, 15) is 4.79 Å². The number of carbonyl (C=O) groups is 1. The molecule has 0 spiro atoms. The molecule has 0 saturated carbocycles. The monoisotopic (exact) mass is 528 g/mol. The van der Waals surface area contributed by atoms with Crippen LogP contribution in [0.25, 0.3) is 17.1 Å². The Labute approximate surface area is 199 Å². The zero-order valence-electron chi connectivity index (χ0n) is 15.9. The lowest BCUT2D eigenvalue weighted by Crippen LogP contribution is -2.45. The second-order valence-electron chi connectivity index (χ2n) is 6.86. The van der Waals surface area contributed by atoms with Gasteiger partial charge in [-0.15, -0.1) is 12.4 Å². The first kappa shape index (κ1) is 23.1. The number of rotatable bonds is 4. The second kappa shape index (κ2) is 10.2. The van der Waals surface area contributed by atoms with Gasteiger partial charge in [0.25, 0.3) is 5.91 Å². The molecule has 1 saturated heterocycles. The highest BCUT2D eigenvalue weighted by molar-refractivity contribution is 9.10. The number of hydrazine groups is 1. The minimum atomic E-state index is -0.250. The van der Waals surface area contributed by atoms with Gasteiger partial charge in [0.05, 0.1) is 5.02 Å². The zero-order chi connectivity index (χ0) is 20.4. The number of hydrogen-bond donors (Lipinski definition) is 1. The van der Waals surface area contributed by atoms with Gasteiger partial charge in [-0.2, -0.15) is 0 Å². The van der Waals surface area contributed by atoms with Crippen LogP contribution in [0.4, 0.5) is 0 Å². The van der Waals surface area contributed by atoms with Crippen molar-refractivity contribution >= 4 is 57.4 Å². The van der Waals surface area contributed by atoms with Crippen LogP contribution in [0.15, 0.2) is 53.1 Å². The first-order chi connectivity index (χ1) is 14.0. The van der Waals surface area contributed by atoms with Crippen molar-refractivity contribution in [3.05, 3.63) is 68.9 Å². The fourth-order valence-electron chi connectivity index (χ4n) is 3.40. The fraction of sp³-hybridized carbons (Fsp3) is 0.238. The van der Waals surface area contributed by atoms with Crippen LogP contribution in [0, 0.1) is 0 Å². The molecule has 9 heteroatoms. The molecule has 30 heavy (non-hydrogen) atoms. The minimum Gasteiger partial charge on any atom is -0.286 e. The van der Waals surface area contributed by atoms with Gasteiger partial charge >= 0.3 is 0 Å². The highest BCUT2D eigenvalue weighted by atomic mass is 79.9. The second-order valence-corrected chi connectivity index (χ2v) is 8.45. The topological polar surface area (TPSA) is 50.2 Å². The number of amides is 1. The van der Waals surface area contributed by atoms with Crippen molar-refractivity contribution in [2.24, 2.45) is 0 Å². The maximum atomic E-state index is 13.0. The van der Waals surface area contributed by atoms with Crippen LogP contribution in [0.5, 0.6) is 0 Å². The van der Waals surface area contributed by atoms with Crippen molar-refractivity contribution in [1.82, 2.24) is 20.0 Å². The van der Waals surface area contributed by atoms with E-state index in [2.05, 4.69) is 26.3 Å². The summed E-state index contributed by atoms with van der Waals surface area (Å²) in [5, 5.41) is 3.14. The number of nitrogens with zero attached hydrogens (tertiary/aromatic N) is 3. The van der Waals surface area contributed by atoms with E-state index in [-0.39, 0.29) is 18.3 Å². The zero-order valence-corrected chi connectivity index (χ0v) is 19.9. The lowest BCUT2D eigenvalue weighted by Gasteiger charge is -2.26. The van der Waals surface area contributed by atoms with E-state index in [1.54, 1.807) is 18.2 Å². The summed E-state index contributed by atoms with van der Waals surface area (Å²) in [6.45, 7) is 1.69. The molecule has 0 aliphatic carbocycles. The summed E-state index contributed by atoms with van der Waals surface area (Å²) < 4.78 is 2.42. The Morgan fingerprint density at radius 1 is 1.00 bits per heavy atom. The predicted octanol–water partition coefficient (Wildman–Crippen LogP) is 6.16. The molecule has 1 N–H and O–H groups in total. The van der Waals surface area contributed by atoms with Gasteiger partial charge in [-0.05, 0) is 65.2 Å². The first-order valence-corrected chi connectivity index (χ1v) is 10.9. The van der Waals surface area contributed by atoms with Crippen LogP contribution >= 0.6 is 51.5 Å². The Hall–Kier alpha value is -1.57. The summed E-state index contributed by atoms with van der Waals surface area (Å²) >= 11 is 16.1. The molecule has 2 heterocycles.